The molecule has 9 aromatic rings. The summed E-state index contributed by atoms with van der Waals surface area (Å²) in [5.41, 5.74) is 9.18. The minimum atomic E-state index is 0.939. The minimum absolute atomic E-state index is 0.939. The third-order valence-electron chi connectivity index (χ3n) is 8.56. The summed E-state index contributed by atoms with van der Waals surface area (Å²) < 4.78 is 2.66. The lowest BCUT2D eigenvalue weighted by molar-refractivity contribution is 1.31. The van der Waals surface area contributed by atoms with Gasteiger partial charge in [0.15, 0.2) is 0 Å². The van der Waals surface area contributed by atoms with Crippen molar-refractivity contribution in [3.63, 3.8) is 0 Å². The second-order valence-corrected chi connectivity index (χ2v) is 12.1. The van der Waals surface area contributed by atoms with Gasteiger partial charge in [-0.1, -0.05) is 109 Å². The Hall–Kier alpha value is -5.38. The third-order valence-corrected chi connectivity index (χ3v) is 9.78. The Morgan fingerprint density at radius 1 is 0.372 bits per heavy atom. The van der Waals surface area contributed by atoms with Gasteiger partial charge in [-0.3, -0.25) is 9.97 Å². The van der Waals surface area contributed by atoms with E-state index < -0.39 is 0 Å². The van der Waals surface area contributed by atoms with Crippen molar-refractivity contribution < 1.29 is 0 Å². The van der Waals surface area contributed by atoms with Crippen molar-refractivity contribution in [1.82, 2.24) is 9.97 Å². The van der Waals surface area contributed by atoms with E-state index >= 15 is 0 Å². The molecule has 2 aromatic heterocycles. The fraction of sp³-hybridized carbons (Fsp3) is 0. The molecule has 2 heterocycles. The molecule has 0 fully saturated rings. The van der Waals surface area contributed by atoms with Gasteiger partial charge in [-0.15, -0.1) is 11.3 Å². The summed E-state index contributed by atoms with van der Waals surface area (Å²) >= 11 is 1.88. The standard InChI is InChI=1S/C40H24N2S/c1-2-8-25(9-3-1)27-16-18-32-35(23-27)36-24-28(17-19-33(36)39-38(32)41-20-21-42-39)26-10-6-11-29(22-26)30-13-7-14-34-31-12-4-5-15-37(31)43-40(30)34/h1-24H. The molecule has 0 atom stereocenters. The molecule has 9 rings (SSSR count). The van der Waals surface area contributed by atoms with Crippen molar-refractivity contribution in [2.75, 3.05) is 0 Å². The quantitative estimate of drug-likeness (QED) is 0.199. The molecule has 0 aliphatic carbocycles. The molecule has 43 heavy (non-hydrogen) atoms. The maximum atomic E-state index is 4.78. The topological polar surface area (TPSA) is 25.8 Å². The van der Waals surface area contributed by atoms with Gasteiger partial charge in [0.05, 0.1) is 11.0 Å². The van der Waals surface area contributed by atoms with Gasteiger partial charge in [0.2, 0.25) is 0 Å². The van der Waals surface area contributed by atoms with E-state index in [2.05, 4.69) is 133 Å². The highest BCUT2D eigenvalue weighted by molar-refractivity contribution is 7.26. The molecule has 0 radical (unpaired) electrons. The van der Waals surface area contributed by atoms with Crippen LogP contribution in [0.2, 0.25) is 0 Å². The molecule has 0 unspecified atom stereocenters. The first kappa shape index (κ1) is 24.2. The molecule has 2 nitrogen and oxygen atoms in total. The first-order valence-corrected chi connectivity index (χ1v) is 15.3. The highest BCUT2D eigenvalue weighted by Gasteiger charge is 2.14. The van der Waals surface area contributed by atoms with Crippen LogP contribution in [0.4, 0.5) is 0 Å². The number of nitrogens with zero attached hydrogens (tertiary/aromatic N) is 2. The van der Waals surface area contributed by atoms with Crippen molar-refractivity contribution in [3.05, 3.63) is 146 Å². The Balaban J connectivity index is 1.26. The summed E-state index contributed by atoms with van der Waals surface area (Å²) in [5, 5.41) is 7.27. The second kappa shape index (κ2) is 9.59. The molecular formula is C40H24N2S. The fourth-order valence-corrected chi connectivity index (χ4v) is 7.75. The molecule has 0 aliphatic rings. The van der Waals surface area contributed by atoms with Crippen LogP contribution in [-0.4, -0.2) is 9.97 Å². The van der Waals surface area contributed by atoms with Gasteiger partial charge in [0, 0.05) is 43.3 Å². The Morgan fingerprint density at radius 3 is 1.72 bits per heavy atom. The molecular weight excluding hydrogens is 541 g/mol. The SMILES string of the molecule is c1ccc(-c2ccc3c(c2)c2cc(-c4cccc(-c5cccc6c5sc5ccccc56)c4)ccc2c2nccnc32)cc1. The maximum absolute atomic E-state index is 4.78. The van der Waals surface area contributed by atoms with E-state index in [0.29, 0.717) is 0 Å². The molecule has 0 saturated carbocycles. The van der Waals surface area contributed by atoms with E-state index in [0.717, 1.165) is 21.8 Å². The van der Waals surface area contributed by atoms with E-state index in [1.807, 2.05) is 11.3 Å². The average molecular weight is 565 g/mol. The van der Waals surface area contributed by atoms with Crippen LogP contribution in [-0.2, 0) is 0 Å². The lowest BCUT2D eigenvalue weighted by Crippen LogP contribution is -1.90. The Bertz CT molecular complexity index is 2510. The van der Waals surface area contributed by atoms with Crippen LogP contribution in [0.1, 0.15) is 0 Å². The van der Waals surface area contributed by atoms with Gasteiger partial charge in [0.1, 0.15) is 0 Å². The van der Waals surface area contributed by atoms with Gasteiger partial charge < -0.3 is 0 Å². The number of hydrogen-bond acceptors (Lipinski definition) is 3. The lowest BCUT2D eigenvalue weighted by atomic mass is 9.92. The zero-order chi connectivity index (χ0) is 28.3. The Morgan fingerprint density at radius 2 is 0.953 bits per heavy atom. The van der Waals surface area contributed by atoms with E-state index in [-0.39, 0.29) is 0 Å². The predicted octanol–water partition coefficient (Wildman–Crippen LogP) is 11.3. The number of aromatic nitrogens is 2. The molecule has 200 valence electrons. The molecule has 0 bridgehead atoms. The summed E-state index contributed by atoms with van der Waals surface area (Å²) in [6.45, 7) is 0. The van der Waals surface area contributed by atoms with Crippen LogP contribution in [0.3, 0.4) is 0 Å². The number of hydrogen-bond donors (Lipinski definition) is 0. The predicted molar refractivity (Wildman–Crippen MR) is 184 cm³/mol. The molecule has 0 saturated heterocycles. The summed E-state index contributed by atoms with van der Waals surface area (Å²) in [6, 6.07) is 48.4. The van der Waals surface area contributed by atoms with E-state index in [9.17, 15) is 0 Å². The normalized spacial score (nSPS) is 11.7. The van der Waals surface area contributed by atoms with Crippen LogP contribution < -0.4 is 0 Å². The second-order valence-electron chi connectivity index (χ2n) is 11.0. The first-order chi connectivity index (χ1) is 21.3. The summed E-state index contributed by atoms with van der Waals surface area (Å²) in [4.78, 5) is 9.55. The number of thiophene rings is 1. The molecule has 0 aliphatic heterocycles. The molecule has 0 amide bonds. The summed E-state index contributed by atoms with van der Waals surface area (Å²) in [5.74, 6) is 0. The number of fused-ring (bicyclic) bond motifs is 9. The zero-order valence-corrected chi connectivity index (χ0v) is 24.0. The highest BCUT2D eigenvalue weighted by atomic mass is 32.1. The van der Waals surface area contributed by atoms with Gasteiger partial charge in [0.25, 0.3) is 0 Å². The smallest absolute Gasteiger partial charge is 0.0971 e. The zero-order valence-electron chi connectivity index (χ0n) is 23.2. The number of benzene rings is 7. The molecule has 0 spiro atoms. The van der Waals surface area contributed by atoms with E-state index in [1.165, 1.54) is 64.3 Å². The van der Waals surface area contributed by atoms with Crippen molar-refractivity contribution in [3.8, 4) is 33.4 Å². The molecule has 3 heteroatoms. The Labute approximate surface area is 252 Å². The van der Waals surface area contributed by atoms with E-state index in [4.69, 9.17) is 9.97 Å². The summed E-state index contributed by atoms with van der Waals surface area (Å²) in [6.07, 6.45) is 3.58. The Kier molecular flexibility index (Phi) is 5.40. The van der Waals surface area contributed by atoms with Crippen molar-refractivity contribution in [2.24, 2.45) is 0 Å². The largest absolute Gasteiger partial charge is 0.252 e. The first-order valence-electron chi connectivity index (χ1n) is 14.5. The van der Waals surface area contributed by atoms with Gasteiger partial charge in [-0.2, -0.15) is 0 Å². The van der Waals surface area contributed by atoms with Gasteiger partial charge >= 0.3 is 0 Å². The monoisotopic (exact) mass is 564 g/mol. The highest BCUT2D eigenvalue weighted by Crippen LogP contribution is 2.41. The maximum Gasteiger partial charge on any atom is 0.0971 e. The fourth-order valence-electron chi connectivity index (χ4n) is 6.51. The van der Waals surface area contributed by atoms with Crippen LogP contribution in [0.15, 0.2) is 146 Å². The van der Waals surface area contributed by atoms with Crippen LogP contribution in [0, 0.1) is 0 Å². The van der Waals surface area contributed by atoms with Crippen LogP contribution >= 0.6 is 11.3 Å². The lowest BCUT2D eigenvalue weighted by Gasteiger charge is -2.13. The third kappa shape index (κ3) is 3.86. The van der Waals surface area contributed by atoms with Crippen LogP contribution in [0.5, 0.6) is 0 Å². The summed E-state index contributed by atoms with van der Waals surface area (Å²) in [7, 11) is 0. The van der Waals surface area contributed by atoms with Crippen LogP contribution in [0.25, 0.3) is 86.1 Å². The van der Waals surface area contributed by atoms with Gasteiger partial charge in [-0.05, 0) is 68.4 Å². The number of rotatable bonds is 3. The van der Waals surface area contributed by atoms with Crippen molar-refractivity contribution in [2.45, 2.75) is 0 Å². The van der Waals surface area contributed by atoms with Crippen molar-refractivity contribution >= 4 is 64.1 Å². The van der Waals surface area contributed by atoms with E-state index in [1.54, 1.807) is 12.4 Å². The average Bonchev–Trinajstić information content (AvgIpc) is 3.47. The minimum Gasteiger partial charge on any atom is -0.252 e. The molecule has 7 aromatic carbocycles. The molecule has 0 N–H and O–H groups in total. The van der Waals surface area contributed by atoms with Gasteiger partial charge in [-0.25, -0.2) is 0 Å². The van der Waals surface area contributed by atoms with Crippen molar-refractivity contribution in [1.29, 1.82) is 0 Å².